The van der Waals surface area contributed by atoms with Gasteiger partial charge in [-0.25, -0.2) is 9.78 Å². The van der Waals surface area contributed by atoms with Crippen LogP contribution in [-0.4, -0.2) is 18.1 Å². The van der Waals surface area contributed by atoms with E-state index in [0.29, 0.717) is 17.1 Å². The Morgan fingerprint density at radius 3 is 2.76 bits per heavy atom. The summed E-state index contributed by atoms with van der Waals surface area (Å²) in [6.07, 6.45) is 1.46. The number of aromatic nitrogens is 1. The zero-order chi connectivity index (χ0) is 15.4. The van der Waals surface area contributed by atoms with Gasteiger partial charge in [-0.3, -0.25) is 0 Å². The number of nitrogen functional groups attached to an aromatic ring is 1. The average Bonchev–Trinajstić information content (AvgIpc) is 2.48. The van der Waals surface area contributed by atoms with Gasteiger partial charge < -0.3 is 15.8 Å². The molecule has 0 radical (unpaired) electrons. The molecule has 5 heteroatoms. The Bertz CT molecular complexity index is 656. The third-order valence-electron chi connectivity index (χ3n) is 3.36. The number of esters is 1. The number of carbonyl (C=O) groups excluding carboxylic acids is 1. The molecule has 5 nitrogen and oxygen atoms in total. The third kappa shape index (κ3) is 3.31. The van der Waals surface area contributed by atoms with Gasteiger partial charge in [0.2, 0.25) is 0 Å². The van der Waals surface area contributed by atoms with Gasteiger partial charge in [0.25, 0.3) is 0 Å². The van der Waals surface area contributed by atoms with Gasteiger partial charge in [0.1, 0.15) is 5.82 Å². The average molecular weight is 285 g/mol. The zero-order valence-electron chi connectivity index (χ0n) is 12.4. The van der Waals surface area contributed by atoms with E-state index in [0.717, 1.165) is 0 Å². The number of carbonyl (C=O) groups is 1. The van der Waals surface area contributed by atoms with Crippen molar-refractivity contribution in [1.29, 1.82) is 0 Å². The molecular weight excluding hydrogens is 266 g/mol. The van der Waals surface area contributed by atoms with Crippen LogP contribution in [0, 0.1) is 6.92 Å². The summed E-state index contributed by atoms with van der Waals surface area (Å²) >= 11 is 0. The maximum Gasteiger partial charge on any atom is 0.340 e. The number of pyridine rings is 1. The van der Waals surface area contributed by atoms with E-state index >= 15 is 0 Å². The van der Waals surface area contributed by atoms with E-state index in [1.807, 2.05) is 19.1 Å². The van der Waals surface area contributed by atoms with Crippen LogP contribution in [0.25, 0.3) is 0 Å². The number of anilines is 2. The lowest BCUT2D eigenvalue weighted by molar-refractivity contribution is 0.0602. The summed E-state index contributed by atoms with van der Waals surface area (Å²) in [6, 6.07) is 9.79. The fourth-order valence-electron chi connectivity index (χ4n) is 2.20. The molecule has 110 valence electrons. The number of aryl methyl sites for hydroxylation is 1. The van der Waals surface area contributed by atoms with E-state index in [9.17, 15) is 4.79 Å². The van der Waals surface area contributed by atoms with Crippen LogP contribution in [-0.2, 0) is 4.74 Å². The van der Waals surface area contributed by atoms with Crippen LogP contribution >= 0.6 is 0 Å². The highest BCUT2D eigenvalue weighted by molar-refractivity contribution is 5.95. The minimum Gasteiger partial charge on any atom is -0.465 e. The molecule has 2 rings (SSSR count). The van der Waals surface area contributed by atoms with Crippen LogP contribution in [0.2, 0.25) is 0 Å². The minimum absolute atomic E-state index is 0.0628. The largest absolute Gasteiger partial charge is 0.465 e. The number of methoxy groups -OCH3 is 1. The highest BCUT2D eigenvalue weighted by Gasteiger charge is 2.14. The molecule has 1 unspecified atom stereocenters. The van der Waals surface area contributed by atoms with Gasteiger partial charge in [-0.1, -0.05) is 24.3 Å². The Morgan fingerprint density at radius 1 is 1.38 bits per heavy atom. The van der Waals surface area contributed by atoms with Gasteiger partial charge in [0, 0.05) is 0 Å². The second kappa shape index (κ2) is 6.26. The number of nitrogens with two attached hydrogens (primary N) is 1. The third-order valence-corrected chi connectivity index (χ3v) is 3.36. The maximum absolute atomic E-state index is 11.6. The number of benzene rings is 1. The van der Waals surface area contributed by atoms with Crippen LogP contribution in [0.1, 0.15) is 34.5 Å². The smallest absolute Gasteiger partial charge is 0.340 e. The first kappa shape index (κ1) is 14.8. The van der Waals surface area contributed by atoms with Crippen molar-refractivity contribution >= 4 is 17.5 Å². The standard InChI is InChI=1S/C16H19N3O2/c1-10-6-4-5-7-12(10)11(2)19-15-8-13(16(20)21-3)14(17)9-18-15/h4-9,11H,17H2,1-3H3,(H,18,19). The molecule has 0 bridgehead atoms. The molecule has 1 aromatic carbocycles. The molecule has 0 spiro atoms. The van der Waals surface area contributed by atoms with Crippen LogP contribution in [0.15, 0.2) is 36.5 Å². The van der Waals surface area contributed by atoms with Crippen molar-refractivity contribution in [1.82, 2.24) is 4.98 Å². The second-order valence-corrected chi connectivity index (χ2v) is 4.87. The van der Waals surface area contributed by atoms with Crippen LogP contribution in [0.3, 0.4) is 0 Å². The number of hydrogen-bond acceptors (Lipinski definition) is 5. The predicted molar refractivity (Wildman–Crippen MR) is 83.2 cm³/mol. The number of nitrogens with zero attached hydrogens (tertiary/aromatic N) is 1. The van der Waals surface area contributed by atoms with Crippen LogP contribution in [0.4, 0.5) is 11.5 Å². The monoisotopic (exact) mass is 285 g/mol. The molecule has 3 N–H and O–H groups in total. The molecule has 0 aliphatic rings. The molecule has 0 saturated carbocycles. The Kier molecular flexibility index (Phi) is 4.42. The molecule has 2 aromatic rings. The quantitative estimate of drug-likeness (QED) is 0.845. The minimum atomic E-state index is -0.471. The lowest BCUT2D eigenvalue weighted by Gasteiger charge is -2.17. The fourth-order valence-corrected chi connectivity index (χ4v) is 2.20. The van der Waals surface area contributed by atoms with E-state index in [1.165, 1.54) is 24.4 Å². The number of ether oxygens (including phenoxy) is 1. The summed E-state index contributed by atoms with van der Waals surface area (Å²) < 4.78 is 4.71. The predicted octanol–water partition coefficient (Wildman–Crippen LogP) is 2.93. The van der Waals surface area contributed by atoms with Crippen molar-refractivity contribution in [3.8, 4) is 0 Å². The Balaban J connectivity index is 2.24. The normalized spacial score (nSPS) is 11.8. The zero-order valence-corrected chi connectivity index (χ0v) is 12.4. The van der Waals surface area contributed by atoms with Crippen LogP contribution in [0.5, 0.6) is 0 Å². The summed E-state index contributed by atoms with van der Waals surface area (Å²) in [7, 11) is 1.32. The Hall–Kier alpha value is -2.56. The van der Waals surface area contributed by atoms with E-state index in [1.54, 1.807) is 6.07 Å². The number of hydrogen-bond donors (Lipinski definition) is 2. The Labute approximate surface area is 124 Å². The maximum atomic E-state index is 11.6. The summed E-state index contributed by atoms with van der Waals surface area (Å²) in [5.74, 6) is 0.113. The van der Waals surface area contributed by atoms with E-state index in [4.69, 9.17) is 10.5 Å². The first-order chi connectivity index (χ1) is 10.0. The van der Waals surface area contributed by atoms with Gasteiger partial charge in [0.15, 0.2) is 0 Å². The van der Waals surface area contributed by atoms with Crippen molar-refractivity contribution in [3.63, 3.8) is 0 Å². The summed E-state index contributed by atoms with van der Waals surface area (Å²) in [5.41, 5.74) is 8.73. The SMILES string of the molecule is COC(=O)c1cc(NC(C)c2ccccc2C)ncc1N. The van der Waals surface area contributed by atoms with Gasteiger partial charge in [0.05, 0.1) is 30.6 Å². The Morgan fingerprint density at radius 2 is 2.10 bits per heavy atom. The van der Waals surface area contributed by atoms with Gasteiger partial charge >= 0.3 is 5.97 Å². The molecule has 0 saturated heterocycles. The molecule has 0 aliphatic heterocycles. The summed E-state index contributed by atoms with van der Waals surface area (Å²) in [5, 5.41) is 3.27. The van der Waals surface area contributed by atoms with Gasteiger partial charge in [-0.15, -0.1) is 0 Å². The fraction of sp³-hybridized carbons (Fsp3) is 0.250. The van der Waals surface area contributed by atoms with Crippen LogP contribution < -0.4 is 11.1 Å². The first-order valence-electron chi connectivity index (χ1n) is 6.69. The molecule has 0 fully saturated rings. The molecule has 1 heterocycles. The van der Waals surface area contributed by atoms with E-state index in [-0.39, 0.29) is 6.04 Å². The van der Waals surface area contributed by atoms with Crippen molar-refractivity contribution < 1.29 is 9.53 Å². The second-order valence-electron chi connectivity index (χ2n) is 4.87. The number of nitrogens with one attached hydrogen (secondary N) is 1. The topological polar surface area (TPSA) is 77.2 Å². The molecule has 21 heavy (non-hydrogen) atoms. The van der Waals surface area contributed by atoms with Crippen molar-refractivity contribution in [3.05, 3.63) is 53.2 Å². The van der Waals surface area contributed by atoms with Gasteiger partial charge in [-0.05, 0) is 31.0 Å². The molecular formula is C16H19N3O2. The highest BCUT2D eigenvalue weighted by Crippen LogP contribution is 2.23. The lowest BCUT2D eigenvalue weighted by Crippen LogP contribution is -2.12. The van der Waals surface area contributed by atoms with Crippen molar-refractivity contribution in [2.24, 2.45) is 0 Å². The summed E-state index contributed by atoms with van der Waals surface area (Å²) in [6.45, 7) is 4.10. The van der Waals surface area contributed by atoms with Crippen molar-refractivity contribution in [2.75, 3.05) is 18.2 Å². The first-order valence-corrected chi connectivity index (χ1v) is 6.69. The van der Waals surface area contributed by atoms with Gasteiger partial charge in [-0.2, -0.15) is 0 Å². The highest BCUT2D eigenvalue weighted by atomic mass is 16.5. The van der Waals surface area contributed by atoms with E-state index < -0.39 is 5.97 Å². The molecule has 0 amide bonds. The molecule has 1 atom stereocenters. The lowest BCUT2D eigenvalue weighted by atomic mass is 10.0. The molecule has 1 aromatic heterocycles. The summed E-state index contributed by atoms with van der Waals surface area (Å²) in [4.78, 5) is 15.8. The molecule has 0 aliphatic carbocycles. The van der Waals surface area contributed by atoms with E-state index in [2.05, 4.69) is 29.4 Å². The number of rotatable bonds is 4. The van der Waals surface area contributed by atoms with Crippen molar-refractivity contribution in [2.45, 2.75) is 19.9 Å².